The third-order valence-corrected chi connectivity index (χ3v) is 2.72. The van der Waals surface area contributed by atoms with Gasteiger partial charge in [0.1, 0.15) is 5.82 Å². The van der Waals surface area contributed by atoms with Gasteiger partial charge in [-0.2, -0.15) is 0 Å². The number of benzene rings is 1. The van der Waals surface area contributed by atoms with E-state index in [0.717, 1.165) is 11.1 Å². The molecule has 82 valence electrons. The normalized spacial score (nSPS) is 10.2. The summed E-state index contributed by atoms with van der Waals surface area (Å²) in [6.45, 7) is 0. The van der Waals surface area contributed by atoms with Crippen molar-refractivity contribution in [2.75, 3.05) is 14.2 Å². The van der Waals surface area contributed by atoms with Gasteiger partial charge >= 0.3 is 0 Å². The van der Waals surface area contributed by atoms with Crippen LogP contribution < -0.4 is 0 Å². The van der Waals surface area contributed by atoms with Crippen molar-refractivity contribution in [1.29, 1.82) is 0 Å². The molecular weight excluding hydrogens is 288 g/mol. The van der Waals surface area contributed by atoms with Crippen LogP contribution in [-0.4, -0.2) is 25.1 Å². The number of halogens is 3. The topological polar surface area (TPSA) is 29.5 Å². The molecule has 0 spiro atoms. The van der Waals surface area contributed by atoms with E-state index in [0.29, 0.717) is 0 Å². The summed E-state index contributed by atoms with van der Waals surface area (Å²) >= 11 is 8.71. The summed E-state index contributed by atoms with van der Waals surface area (Å²) in [5, 5.41) is 1.05. The van der Waals surface area contributed by atoms with Crippen LogP contribution in [0.4, 0.5) is 4.39 Å². The molecule has 0 aliphatic carbocycles. The molecule has 0 aromatic heterocycles. The predicted molar refractivity (Wildman–Crippen MR) is 58.2 cm³/mol. The minimum Gasteiger partial charge on any atom is -0.274 e. The van der Waals surface area contributed by atoms with Gasteiger partial charge in [0, 0.05) is 7.05 Å². The standard InChI is InChI=1S/C9H8BrClFNO2/c1-13(15-2)9(14)5-3-6(10)8(12)4-7(5)11/h3-4H,1-2H3. The van der Waals surface area contributed by atoms with Crippen molar-refractivity contribution in [2.45, 2.75) is 0 Å². The second kappa shape index (κ2) is 4.92. The molecule has 0 fully saturated rings. The first kappa shape index (κ1) is 12.4. The lowest BCUT2D eigenvalue weighted by molar-refractivity contribution is -0.0756. The molecule has 0 bridgehead atoms. The maximum absolute atomic E-state index is 13.0. The van der Waals surface area contributed by atoms with Crippen molar-refractivity contribution in [3.63, 3.8) is 0 Å². The Kier molecular flexibility index (Phi) is 4.07. The number of hydrogen-bond donors (Lipinski definition) is 0. The molecule has 1 rings (SSSR count). The zero-order valence-electron chi connectivity index (χ0n) is 8.05. The smallest absolute Gasteiger partial charge is 0.274 e. The van der Waals surface area contributed by atoms with Crippen LogP contribution in [-0.2, 0) is 4.84 Å². The highest BCUT2D eigenvalue weighted by molar-refractivity contribution is 9.10. The van der Waals surface area contributed by atoms with Gasteiger partial charge in [-0.05, 0) is 28.1 Å². The van der Waals surface area contributed by atoms with Gasteiger partial charge < -0.3 is 0 Å². The van der Waals surface area contributed by atoms with E-state index < -0.39 is 11.7 Å². The van der Waals surface area contributed by atoms with Crippen LogP contribution in [0.3, 0.4) is 0 Å². The second-order valence-corrected chi connectivity index (χ2v) is 3.99. The quantitative estimate of drug-likeness (QED) is 0.620. The first-order valence-electron chi connectivity index (χ1n) is 3.94. The fourth-order valence-corrected chi connectivity index (χ4v) is 1.51. The third-order valence-electron chi connectivity index (χ3n) is 1.80. The van der Waals surface area contributed by atoms with Crippen LogP contribution in [0, 0.1) is 5.82 Å². The van der Waals surface area contributed by atoms with Gasteiger partial charge in [0.25, 0.3) is 5.91 Å². The molecule has 0 atom stereocenters. The molecule has 0 N–H and O–H groups in total. The first-order chi connectivity index (χ1) is 6.97. The molecule has 1 aromatic rings. The number of amides is 1. The Morgan fingerprint density at radius 2 is 2.20 bits per heavy atom. The summed E-state index contributed by atoms with van der Waals surface area (Å²) in [6.07, 6.45) is 0. The minimum atomic E-state index is -0.517. The van der Waals surface area contributed by atoms with E-state index in [1.807, 2.05) is 0 Å². The zero-order chi connectivity index (χ0) is 11.6. The molecule has 15 heavy (non-hydrogen) atoms. The molecule has 0 radical (unpaired) electrons. The molecule has 0 aliphatic heterocycles. The van der Waals surface area contributed by atoms with E-state index in [4.69, 9.17) is 16.4 Å². The summed E-state index contributed by atoms with van der Waals surface area (Å²) in [6, 6.07) is 2.39. The Morgan fingerprint density at radius 3 is 2.73 bits per heavy atom. The lowest BCUT2D eigenvalue weighted by Crippen LogP contribution is -2.25. The molecule has 0 aliphatic rings. The van der Waals surface area contributed by atoms with Crippen molar-refractivity contribution in [3.8, 4) is 0 Å². The summed E-state index contributed by atoms with van der Waals surface area (Å²) < 4.78 is 13.2. The van der Waals surface area contributed by atoms with Gasteiger partial charge in [-0.3, -0.25) is 9.63 Å². The van der Waals surface area contributed by atoms with Crippen LogP contribution in [0.2, 0.25) is 5.02 Å². The summed E-state index contributed by atoms with van der Waals surface area (Å²) in [7, 11) is 2.79. The molecule has 0 unspecified atom stereocenters. The van der Waals surface area contributed by atoms with E-state index in [-0.39, 0.29) is 15.1 Å². The monoisotopic (exact) mass is 295 g/mol. The zero-order valence-corrected chi connectivity index (χ0v) is 10.4. The average Bonchev–Trinajstić information content (AvgIpc) is 2.21. The van der Waals surface area contributed by atoms with Gasteiger partial charge in [0.2, 0.25) is 0 Å². The molecule has 0 heterocycles. The Labute approximate surface area is 99.9 Å². The SMILES string of the molecule is CON(C)C(=O)c1cc(Br)c(F)cc1Cl. The van der Waals surface area contributed by atoms with Gasteiger partial charge in [-0.15, -0.1) is 0 Å². The molecule has 3 nitrogen and oxygen atoms in total. The average molecular weight is 297 g/mol. The fourth-order valence-electron chi connectivity index (χ4n) is 0.939. The lowest BCUT2D eigenvalue weighted by Gasteiger charge is -2.14. The predicted octanol–water partition coefficient (Wildman–Crippen LogP) is 2.88. The Balaban J connectivity index is 3.15. The largest absolute Gasteiger partial charge is 0.278 e. The number of carbonyl (C=O) groups excluding carboxylic acids is 1. The first-order valence-corrected chi connectivity index (χ1v) is 5.11. The highest BCUT2D eigenvalue weighted by Gasteiger charge is 2.17. The summed E-state index contributed by atoms with van der Waals surface area (Å²) in [5.74, 6) is -0.959. The second-order valence-electron chi connectivity index (χ2n) is 2.73. The van der Waals surface area contributed by atoms with Crippen molar-refractivity contribution < 1.29 is 14.0 Å². The van der Waals surface area contributed by atoms with Crippen molar-refractivity contribution in [1.82, 2.24) is 5.06 Å². The minimum absolute atomic E-state index is 0.0459. The van der Waals surface area contributed by atoms with Gasteiger partial charge in [0.15, 0.2) is 0 Å². The maximum Gasteiger partial charge on any atom is 0.278 e. The number of hydrogen-bond acceptors (Lipinski definition) is 2. The summed E-state index contributed by atoms with van der Waals surface area (Å²) in [4.78, 5) is 16.3. The van der Waals surface area contributed by atoms with Crippen LogP contribution in [0.1, 0.15) is 10.4 Å². The van der Waals surface area contributed by atoms with E-state index in [1.165, 1.54) is 20.2 Å². The molecule has 1 amide bonds. The lowest BCUT2D eigenvalue weighted by atomic mass is 10.2. The molecule has 0 saturated heterocycles. The van der Waals surface area contributed by atoms with Gasteiger partial charge in [-0.25, -0.2) is 9.45 Å². The Bertz CT molecular complexity index is 400. The number of rotatable bonds is 2. The van der Waals surface area contributed by atoms with Crippen molar-refractivity contribution in [2.24, 2.45) is 0 Å². The van der Waals surface area contributed by atoms with Crippen molar-refractivity contribution in [3.05, 3.63) is 33.0 Å². The number of nitrogens with zero attached hydrogens (tertiary/aromatic N) is 1. The van der Waals surface area contributed by atoms with E-state index in [9.17, 15) is 9.18 Å². The molecule has 6 heteroatoms. The molecule has 1 aromatic carbocycles. The Hall–Kier alpha value is -0.650. The Morgan fingerprint density at radius 1 is 1.60 bits per heavy atom. The fraction of sp³-hybridized carbons (Fsp3) is 0.222. The van der Waals surface area contributed by atoms with E-state index in [1.54, 1.807) is 0 Å². The highest BCUT2D eigenvalue weighted by Crippen LogP contribution is 2.25. The van der Waals surface area contributed by atoms with Crippen LogP contribution >= 0.6 is 27.5 Å². The number of hydroxylamine groups is 2. The van der Waals surface area contributed by atoms with E-state index >= 15 is 0 Å². The highest BCUT2D eigenvalue weighted by atomic mass is 79.9. The third kappa shape index (κ3) is 2.68. The molecule has 0 saturated carbocycles. The summed E-state index contributed by atoms with van der Waals surface area (Å²) in [5.41, 5.74) is 0.175. The number of carbonyl (C=O) groups is 1. The maximum atomic E-state index is 13.0. The van der Waals surface area contributed by atoms with Gasteiger partial charge in [-0.1, -0.05) is 11.6 Å². The van der Waals surface area contributed by atoms with Crippen LogP contribution in [0.15, 0.2) is 16.6 Å². The van der Waals surface area contributed by atoms with Crippen LogP contribution in [0.5, 0.6) is 0 Å². The van der Waals surface area contributed by atoms with E-state index in [2.05, 4.69) is 15.9 Å². The van der Waals surface area contributed by atoms with Crippen LogP contribution in [0.25, 0.3) is 0 Å². The van der Waals surface area contributed by atoms with Crippen molar-refractivity contribution >= 4 is 33.4 Å². The van der Waals surface area contributed by atoms with Gasteiger partial charge in [0.05, 0.1) is 22.2 Å². The molecular formula is C9H8BrClFNO2.